The first-order chi connectivity index (χ1) is 9.51. The minimum atomic E-state index is -0.175. The summed E-state index contributed by atoms with van der Waals surface area (Å²) in [5.41, 5.74) is 0.743. The number of benzene rings is 1. The number of hydrogen-bond donors (Lipinski definition) is 2. The van der Waals surface area contributed by atoms with Crippen LogP contribution in [0.4, 0.5) is 10.5 Å². The average molecular weight is 278 g/mol. The second-order valence-electron chi connectivity index (χ2n) is 5.43. The molecule has 0 spiro atoms. The summed E-state index contributed by atoms with van der Waals surface area (Å²) in [5.74, 6) is 1.36. The molecule has 1 aromatic rings. The van der Waals surface area contributed by atoms with E-state index in [-0.39, 0.29) is 12.1 Å². The van der Waals surface area contributed by atoms with Gasteiger partial charge < -0.3 is 15.4 Å². The molecule has 1 aromatic carbocycles. The molecule has 112 valence electrons. The molecule has 0 bridgehead atoms. The third kappa shape index (κ3) is 6.45. The predicted molar refractivity (Wildman–Crippen MR) is 83.3 cm³/mol. The summed E-state index contributed by atoms with van der Waals surface area (Å²) < 4.78 is 5.73. The number of hydrogen-bond acceptors (Lipinski definition) is 2. The van der Waals surface area contributed by atoms with E-state index in [2.05, 4.69) is 31.4 Å². The molecule has 0 aliphatic heterocycles. The molecule has 0 radical (unpaired) electrons. The lowest BCUT2D eigenvalue weighted by Gasteiger charge is -2.14. The highest BCUT2D eigenvalue weighted by molar-refractivity contribution is 5.89. The van der Waals surface area contributed by atoms with E-state index in [1.807, 2.05) is 31.2 Å². The molecule has 0 saturated carbocycles. The number of amides is 2. The zero-order valence-corrected chi connectivity index (χ0v) is 12.9. The lowest BCUT2D eigenvalue weighted by atomic mass is 10.1. The third-order valence-electron chi connectivity index (χ3n) is 3.01. The third-order valence-corrected chi connectivity index (χ3v) is 3.01. The van der Waals surface area contributed by atoms with Crippen molar-refractivity contribution in [3.63, 3.8) is 0 Å². The van der Waals surface area contributed by atoms with Crippen LogP contribution in [0.25, 0.3) is 0 Å². The maximum atomic E-state index is 11.7. The van der Waals surface area contributed by atoms with E-state index in [1.165, 1.54) is 0 Å². The molecule has 1 atom stereocenters. The molecule has 2 N–H and O–H groups in total. The summed E-state index contributed by atoms with van der Waals surface area (Å²) in [4.78, 5) is 11.7. The van der Waals surface area contributed by atoms with E-state index >= 15 is 0 Å². The van der Waals surface area contributed by atoms with Gasteiger partial charge in [0, 0.05) is 18.3 Å². The van der Waals surface area contributed by atoms with E-state index in [4.69, 9.17) is 4.74 Å². The van der Waals surface area contributed by atoms with Crippen LogP contribution in [0, 0.1) is 5.92 Å². The second kappa shape index (κ2) is 8.46. The Balaban J connectivity index is 2.47. The van der Waals surface area contributed by atoms with Gasteiger partial charge in [-0.15, -0.1) is 0 Å². The Kier molecular flexibility index (Phi) is 6.91. The molecule has 2 amide bonds. The first kappa shape index (κ1) is 16.3. The van der Waals surface area contributed by atoms with Crippen molar-refractivity contribution in [2.75, 3.05) is 11.9 Å². The van der Waals surface area contributed by atoms with Crippen LogP contribution in [0.5, 0.6) is 5.75 Å². The highest BCUT2D eigenvalue weighted by Gasteiger charge is 2.05. The van der Waals surface area contributed by atoms with Gasteiger partial charge in [0.15, 0.2) is 0 Å². The van der Waals surface area contributed by atoms with E-state index in [0.717, 1.165) is 24.3 Å². The minimum Gasteiger partial charge on any atom is -0.491 e. The quantitative estimate of drug-likeness (QED) is 0.791. The molecular formula is C16H26N2O2. The molecule has 4 nitrogen and oxygen atoms in total. The Morgan fingerprint density at radius 1 is 1.30 bits per heavy atom. The van der Waals surface area contributed by atoms with Gasteiger partial charge in [0.2, 0.25) is 0 Å². The fraction of sp³-hybridized carbons (Fsp3) is 0.562. The molecule has 1 rings (SSSR count). The molecule has 0 aliphatic rings. The zero-order valence-electron chi connectivity index (χ0n) is 12.9. The Morgan fingerprint density at radius 3 is 2.70 bits per heavy atom. The van der Waals surface area contributed by atoms with Crippen LogP contribution < -0.4 is 15.4 Å². The smallest absolute Gasteiger partial charge is 0.319 e. The van der Waals surface area contributed by atoms with Crippen molar-refractivity contribution in [1.29, 1.82) is 0 Å². The molecule has 20 heavy (non-hydrogen) atoms. The maximum Gasteiger partial charge on any atom is 0.319 e. The predicted octanol–water partition coefficient (Wildman–Crippen LogP) is 4.03. The molecule has 0 aromatic heterocycles. The van der Waals surface area contributed by atoms with Crippen LogP contribution >= 0.6 is 0 Å². The van der Waals surface area contributed by atoms with Crippen molar-refractivity contribution in [2.45, 2.75) is 46.6 Å². The van der Waals surface area contributed by atoms with E-state index < -0.39 is 0 Å². The Labute approximate surface area is 121 Å². The number of nitrogens with one attached hydrogen (secondary N) is 2. The van der Waals surface area contributed by atoms with Gasteiger partial charge in [-0.3, -0.25) is 0 Å². The van der Waals surface area contributed by atoms with Gasteiger partial charge in [-0.25, -0.2) is 4.79 Å². The van der Waals surface area contributed by atoms with Gasteiger partial charge in [-0.05, 0) is 37.8 Å². The van der Waals surface area contributed by atoms with Crippen LogP contribution in [0.2, 0.25) is 0 Å². The summed E-state index contributed by atoms with van der Waals surface area (Å²) in [6.07, 6.45) is 2.10. The van der Waals surface area contributed by atoms with E-state index in [1.54, 1.807) is 0 Å². The monoisotopic (exact) mass is 278 g/mol. The highest BCUT2D eigenvalue weighted by Crippen LogP contribution is 2.19. The van der Waals surface area contributed by atoms with E-state index in [0.29, 0.717) is 12.5 Å². The van der Waals surface area contributed by atoms with Crippen LogP contribution in [0.15, 0.2) is 24.3 Å². The highest BCUT2D eigenvalue weighted by atomic mass is 16.5. The van der Waals surface area contributed by atoms with Gasteiger partial charge in [-0.2, -0.15) is 0 Å². The first-order valence-electron chi connectivity index (χ1n) is 7.32. The standard InChI is InChI=1S/C16H26N2O2/c1-5-13(4)20-15-8-6-7-14(11-15)18-16(19)17-10-9-12(2)3/h6-8,11-13H,5,9-10H2,1-4H3,(H2,17,18,19). The lowest BCUT2D eigenvalue weighted by Crippen LogP contribution is -2.30. The second-order valence-corrected chi connectivity index (χ2v) is 5.43. The van der Waals surface area contributed by atoms with Crippen LogP contribution in [-0.2, 0) is 0 Å². The van der Waals surface area contributed by atoms with Crippen molar-refractivity contribution in [1.82, 2.24) is 5.32 Å². The molecule has 4 heteroatoms. The zero-order chi connectivity index (χ0) is 15.0. The number of ether oxygens (including phenoxy) is 1. The van der Waals surface area contributed by atoms with Crippen molar-refractivity contribution < 1.29 is 9.53 Å². The first-order valence-corrected chi connectivity index (χ1v) is 7.32. The fourth-order valence-corrected chi connectivity index (χ4v) is 1.61. The number of rotatable bonds is 7. The SMILES string of the molecule is CCC(C)Oc1cccc(NC(=O)NCCC(C)C)c1. The normalized spacial score (nSPS) is 12.1. The number of carbonyl (C=O) groups excluding carboxylic acids is 1. The minimum absolute atomic E-state index is 0.171. The van der Waals surface area contributed by atoms with Gasteiger partial charge >= 0.3 is 6.03 Å². The Bertz CT molecular complexity index is 419. The van der Waals surface area contributed by atoms with Crippen molar-refractivity contribution in [3.8, 4) is 5.75 Å². The van der Waals surface area contributed by atoms with Crippen LogP contribution in [-0.4, -0.2) is 18.7 Å². The Morgan fingerprint density at radius 2 is 2.05 bits per heavy atom. The fourth-order valence-electron chi connectivity index (χ4n) is 1.61. The summed E-state index contributed by atoms with van der Waals surface area (Å²) >= 11 is 0. The van der Waals surface area contributed by atoms with E-state index in [9.17, 15) is 4.79 Å². The van der Waals surface area contributed by atoms with Gasteiger partial charge in [0.05, 0.1) is 6.10 Å². The number of anilines is 1. The van der Waals surface area contributed by atoms with Gasteiger partial charge in [-0.1, -0.05) is 26.8 Å². The van der Waals surface area contributed by atoms with Gasteiger partial charge in [0.1, 0.15) is 5.75 Å². The van der Waals surface area contributed by atoms with Crippen molar-refractivity contribution in [3.05, 3.63) is 24.3 Å². The van der Waals surface area contributed by atoms with Crippen molar-refractivity contribution >= 4 is 11.7 Å². The average Bonchev–Trinajstić information content (AvgIpc) is 2.38. The molecule has 1 unspecified atom stereocenters. The van der Waals surface area contributed by atoms with Gasteiger partial charge in [0.25, 0.3) is 0 Å². The molecule has 0 fully saturated rings. The number of carbonyl (C=O) groups is 1. The van der Waals surface area contributed by atoms with Crippen LogP contribution in [0.1, 0.15) is 40.5 Å². The molecule has 0 aliphatic carbocycles. The Hall–Kier alpha value is -1.71. The lowest BCUT2D eigenvalue weighted by molar-refractivity contribution is 0.217. The topological polar surface area (TPSA) is 50.4 Å². The number of urea groups is 1. The summed E-state index contributed by atoms with van der Waals surface area (Å²) in [6, 6.07) is 7.29. The van der Waals surface area contributed by atoms with Crippen LogP contribution in [0.3, 0.4) is 0 Å². The van der Waals surface area contributed by atoms with Crippen molar-refractivity contribution in [2.24, 2.45) is 5.92 Å². The molecule has 0 saturated heterocycles. The summed E-state index contributed by atoms with van der Waals surface area (Å²) in [5, 5.41) is 5.66. The molecule has 0 heterocycles. The summed E-state index contributed by atoms with van der Waals surface area (Å²) in [6.45, 7) is 9.06. The summed E-state index contributed by atoms with van der Waals surface area (Å²) in [7, 11) is 0. The maximum absolute atomic E-state index is 11.7. The molecular weight excluding hydrogens is 252 g/mol. The largest absolute Gasteiger partial charge is 0.491 e.